The summed E-state index contributed by atoms with van der Waals surface area (Å²) in [6.07, 6.45) is 4.53. The van der Waals surface area contributed by atoms with E-state index in [2.05, 4.69) is 17.1 Å². The third-order valence-electron chi connectivity index (χ3n) is 4.12. The van der Waals surface area contributed by atoms with E-state index in [1.54, 1.807) is 4.31 Å². The maximum atomic E-state index is 12.2. The molecule has 2 fully saturated rings. The number of hydrogen-bond acceptors (Lipinski definition) is 4. The van der Waals surface area contributed by atoms with Crippen molar-refractivity contribution in [2.24, 2.45) is 5.92 Å². The fraction of sp³-hybridized carbons (Fsp3) is 1.00. The molecule has 5 nitrogen and oxygen atoms in total. The van der Waals surface area contributed by atoms with Crippen molar-refractivity contribution < 1.29 is 8.42 Å². The molecule has 0 unspecified atom stereocenters. The Balaban J connectivity index is 1.65. The fourth-order valence-electron chi connectivity index (χ4n) is 2.67. The first kappa shape index (κ1) is 16.2. The van der Waals surface area contributed by atoms with Crippen molar-refractivity contribution in [3.8, 4) is 0 Å². The normalized spacial score (nSPS) is 22.2. The lowest BCUT2D eigenvalue weighted by Gasteiger charge is -2.34. The van der Waals surface area contributed by atoms with Crippen molar-refractivity contribution in [3.63, 3.8) is 0 Å². The predicted molar refractivity (Wildman–Crippen MR) is 82.3 cm³/mol. The Morgan fingerprint density at radius 3 is 2.40 bits per heavy atom. The zero-order valence-corrected chi connectivity index (χ0v) is 13.5. The van der Waals surface area contributed by atoms with Crippen LogP contribution >= 0.6 is 0 Å². The van der Waals surface area contributed by atoms with Gasteiger partial charge in [-0.25, -0.2) is 8.42 Å². The van der Waals surface area contributed by atoms with Crippen LogP contribution in [0.3, 0.4) is 0 Å². The van der Waals surface area contributed by atoms with Gasteiger partial charge < -0.3 is 10.2 Å². The van der Waals surface area contributed by atoms with E-state index >= 15 is 0 Å². The van der Waals surface area contributed by atoms with E-state index in [0.29, 0.717) is 19.5 Å². The van der Waals surface area contributed by atoms with Gasteiger partial charge in [0, 0.05) is 32.7 Å². The summed E-state index contributed by atoms with van der Waals surface area (Å²) in [4.78, 5) is 2.42. The summed E-state index contributed by atoms with van der Waals surface area (Å²) in [6.45, 7) is 8.23. The minimum atomic E-state index is -3.04. The van der Waals surface area contributed by atoms with Crippen LogP contribution in [0.25, 0.3) is 0 Å². The highest BCUT2D eigenvalue weighted by Crippen LogP contribution is 2.30. The topological polar surface area (TPSA) is 52.7 Å². The SMILES string of the molecule is CCCNCCCS(=O)(=O)N1CCN(CC2CC2)CC1. The van der Waals surface area contributed by atoms with Crippen molar-refractivity contribution in [1.82, 2.24) is 14.5 Å². The minimum Gasteiger partial charge on any atom is -0.317 e. The van der Waals surface area contributed by atoms with E-state index in [9.17, 15) is 8.42 Å². The molecular weight excluding hydrogens is 274 g/mol. The van der Waals surface area contributed by atoms with E-state index < -0.39 is 10.0 Å². The van der Waals surface area contributed by atoms with E-state index in [1.165, 1.54) is 19.4 Å². The highest BCUT2D eigenvalue weighted by Gasteiger charge is 2.29. The molecule has 118 valence electrons. The Bertz CT molecular complexity index is 374. The van der Waals surface area contributed by atoms with Gasteiger partial charge in [0.25, 0.3) is 0 Å². The zero-order valence-electron chi connectivity index (χ0n) is 12.7. The lowest BCUT2D eigenvalue weighted by molar-refractivity contribution is 0.182. The van der Waals surface area contributed by atoms with Gasteiger partial charge in [-0.3, -0.25) is 0 Å². The average Bonchev–Trinajstić information content (AvgIpc) is 3.23. The number of rotatable bonds is 9. The summed E-state index contributed by atoms with van der Waals surface area (Å²) in [5.41, 5.74) is 0. The average molecular weight is 303 g/mol. The quantitative estimate of drug-likeness (QED) is 0.638. The zero-order chi connectivity index (χ0) is 14.4. The van der Waals surface area contributed by atoms with Gasteiger partial charge in [-0.2, -0.15) is 4.31 Å². The number of nitrogens with one attached hydrogen (secondary N) is 1. The van der Waals surface area contributed by atoms with Crippen molar-refractivity contribution in [3.05, 3.63) is 0 Å². The molecule has 1 N–H and O–H groups in total. The van der Waals surface area contributed by atoms with Crippen LogP contribution in [-0.4, -0.2) is 69.2 Å². The molecule has 2 rings (SSSR count). The molecule has 0 bridgehead atoms. The molecule has 1 saturated heterocycles. The van der Waals surface area contributed by atoms with Crippen molar-refractivity contribution in [1.29, 1.82) is 0 Å². The van der Waals surface area contributed by atoms with Crippen LogP contribution in [0.5, 0.6) is 0 Å². The highest BCUT2D eigenvalue weighted by molar-refractivity contribution is 7.89. The fourth-order valence-corrected chi connectivity index (χ4v) is 4.15. The van der Waals surface area contributed by atoms with E-state index in [0.717, 1.165) is 38.5 Å². The Labute approximate surface area is 123 Å². The molecule has 1 aliphatic heterocycles. The van der Waals surface area contributed by atoms with E-state index in [1.807, 2.05) is 0 Å². The van der Waals surface area contributed by atoms with Gasteiger partial charge in [0.05, 0.1) is 5.75 Å². The Kier molecular flexibility index (Phi) is 6.26. The van der Waals surface area contributed by atoms with Gasteiger partial charge in [0.1, 0.15) is 0 Å². The largest absolute Gasteiger partial charge is 0.317 e. The molecule has 6 heteroatoms. The molecule has 0 atom stereocenters. The van der Waals surface area contributed by atoms with Crippen molar-refractivity contribution >= 4 is 10.0 Å². The molecule has 1 heterocycles. The second-order valence-corrected chi connectivity index (χ2v) is 8.15. The van der Waals surface area contributed by atoms with Gasteiger partial charge in [0.15, 0.2) is 0 Å². The van der Waals surface area contributed by atoms with Crippen LogP contribution in [0.2, 0.25) is 0 Å². The number of sulfonamides is 1. The maximum absolute atomic E-state index is 12.2. The highest BCUT2D eigenvalue weighted by atomic mass is 32.2. The maximum Gasteiger partial charge on any atom is 0.214 e. The molecule has 0 spiro atoms. The van der Waals surface area contributed by atoms with Crippen LogP contribution in [-0.2, 0) is 10.0 Å². The summed E-state index contributed by atoms with van der Waals surface area (Å²) < 4.78 is 26.2. The van der Waals surface area contributed by atoms with Crippen LogP contribution in [0, 0.1) is 5.92 Å². The summed E-state index contributed by atoms with van der Waals surface area (Å²) >= 11 is 0. The van der Waals surface area contributed by atoms with Gasteiger partial charge in [-0.1, -0.05) is 6.92 Å². The molecule has 2 aliphatic rings. The first-order valence-electron chi connectivity index (χ1n) is 8.02. The second kappa shape index (κ2) is 7.73. The van der Waals surface area contributed by atoms with Crippen molar-refractivity contribution in [2.75, 3.05) is 51.6 Å². The standard InChI is InChI=1S/C14H29N3O2S/c1-2-6-15-7-3-12-20(18,19)17-10-8-16(9-11-17)13-14-4-5-14/h14-15H,2-13H2,1H3. The molecule has 0 radical (unpaired) electrons. The van der Waals surface area contributed by atoms with Gasteiger partial charge in [-0.15, -0.1) is 0 Å². The van der Waals surface area contributed by atoms with Crippen molar-refractivity contribution in [2.45, 2.75) is 32.6 Å². The van der Waals surface area contributed by atoms with Gasteiger partial charge >= 0.3 is 0 Å². The number of piperazine rings is 1. The predicted octanol–water partition coefficient (Wildman–Crippen LogP) is 0.734. The smallest absolute Gasteiger partial charge is 0.214 e. The molecule has 0 aromatic rings. The summed E-state index contributed by atoms with van der Waals surface area (Å²) in [5.74, 6) is 1.18. The first-order chi connectivity index (χ1) is 9.62. The molecule has 20 heavy (non-hydrogen) atoms. The van der Waals surface area contributed by atoms with E-state index in [-0.39, 0.29) is 5.75 Å². The molecule has 1 aliphatic carbocycles. The Morgan fingerprint density at radius 2 is 1.80 bits per heavy atom. The molecule has 0 amide bonds. The molecular formula is C14H29N3O2S. The lowest BCUT2D eigenvalue weighted by atomic mass is 10.3. The van der Waals surface area contributed by atoms with Crippen LogP contribution in [0.15, 0.2) is 0 Å². The molecule has 0 aromatic carbocycles. The van der Waals surface area contributed by atoms with Crippen LogP contribution in [0.1, 0.15) is 32.6 Å². The van der Waals surface area contributed by atoms with Crippen LogP contribution < -0.4 is 5.32 Å². The number of hydrogen-bond donors (Lipinski definition) is 1. The first-order valence-corrected chi connectivity index (χ1v) is 9.63. The second-order valence-electron chi connectivity index (χ2n) is 6.06. The summed E-state index contributed by atoms with van der Waals surface area (Å²) in [6, 6.07) is 0. The number of nitrogens with zero attached hydrogens (tertiary/aromatic N) is 2. The third kappa shape index (κ3) is 5.31. The monoisotopic (exact) mass is 303 g/mol. The Morgan fingerprint density at radius 1 is 1.10 bits per heavy atom. The third-order valence-corrected chi connectivity index (χ3v) is 6.08. The van der Waals surface area contributed by atoms with E-state index in [4.69, 9.17) is 0 Å². The lowest BCUT2D eigenvalue weighted by Crippen LogP contribution is -2.49. The summed E-state index contributed by atoms with van der Waals surface area (Å²) in [5, 5.41) is 3.25. The van der Waals surface area contributed by atoms with Crippen LogP contribution in [0.4, 0.5) is 0 Å². The molecule has 1 saturated carbocycles. The molecule has 0 aromatic heterocycles. The van der Waals surface area contributed by atoms with Gasteiger partial charge in [0.2, 0.25) is 10.0 Å². The van der Waals surface area contributed by atoms with Gasteiger partial charge in [-0.05, 0) is 44.7 Å². The summed E-state index contributed by atoms with van der Waals surface area (Å²) in [7, 11) is -3.04. The minimum absolute atomic E-state index is 0.284. The Hall–Kier alpha value is -0.170.